The highest BCUT2D eigenvalue weighted by atomic mass is 16.2. The molecule has 2 N–H and O–H groups in total. The van der Waals surface area contributed by atoms with Crippen LogP contribution in [0.4, 0.5) is 0 Å². The van der Waals surface area contributed by atoms with Gasteiger partial charge in [0.2, 0.25) is 11.8 Å². The second kappa shape index (κ2) is 7.40. The number of hydrogen-bond donors (Lipinski definition) is 2. The van der Waals surface area contributed by atoms with Crippen molar-refractivity contribution >= 4 is 29.5 Å². The van der Waals surface area contributed by atoms with Crippen LogP contribution in [0.25, 0.3) is 0 Å². The molecule has 2 unspecified atom stereocenters. The average Bonchev–Trinajstić information content (AvgIpc) is 3.27. The molecule has 5 rings (SSSR count). The van der Waals surface area contributed by atoms with E-state index in [-0.39, 0.29) is 41.5 Å². The summed E-state index contributed by atoms with van der Waals surface area (Å²) in [5.74, 6) is -2.69. The van der Waals surface area contributed by atoms with Crippen molar-refractivity contribution in [1.82, 2.24) is 25.3 Å². The molecule has 1 fully saturated rings. The lowest BCUT2D eigenvalue weighted by molar-refractivity contribution is -0.136. The van der Waals surface area contributed by atoms with E-state index in [1.807, 2.05) is 11.7 Å². The Hall–Kier alpha value is -3.82. The van der Waals surface area contributed by atoms with Gasteiger partial charge in [-0.05, 0) is 43.9 Å². The van der Waals surface area contributed by atoms with Gasteiger partial charge in [0.05, 0.1) is 23.4 Å². The minimum Gasteiger partial charge on any atom is -0.345 e. The zero-order valence-corrected chi connectivity index (χ0v) is 17.4. The fraction of sp³-hybridized carbons (Fsp3) is 0.364. The number of carbonyl (C=O) groups is 5. The van der Waals surface area contributed by atoms with Crippen molar-refractivity contribution in [3.8, 4) is 0 Å². The molecule has 5 amide bonds. The number of nitrogens with one attached hydrogen (secondary N) is 2. The van der Waals surface area contributed by atoms with Gasteiger partial charge in [0.1, 0.15) is 6.04 Å². The van der Waals surface area contributed by atoms with Gasteiger partial charge in [-0.2, -0.15) is 5.10 Å². The molecular formula is C22H21N5O5. The summed E-state index contributed by atoms with van der Waals surface area (Å²) in [7, 11) is 1.88. The van der Waals surface area contributed by atoms with Crippen LogP contribution in [-0.4, -0.2) is 50.3 Å². The van der Waals surface area contributed by atoms with Gasteiger partial charge in [-0.1, -0.05) is 0 Å². The van der Waals surface area contributed by atoms with Crippen molar-refractivity contribution in [2.75, 3.05) is 0 Å². The number of imide groups is 2. The summed E-state index contributed by atoms with van der Waals surface area (Å²) in [5.41, 5.74) is 2.56. The van der Waals surface area contributed by atoms with Crippen molar-refractivity contribution in [1.29, 1.82) is 0 Å². The normalized spacial score (nSPS) is 22.5. The van der Waals surface area contributed by atoms with Crippen LogP contribution in [0.5, 0.6) is 0 Å². The van der Waals surface area contributed by atoms with Crippen LogP contribution in [0.2, 0.25) is 0 Å². The second-order valence-corrected chi connectivity index (χ2v) is 8.30. The van der Waals surface area contributed by atoms with Crippen molar-refractivity contribution < 1.29 is 24.0 Å². The highest BCUT2D eigenvalue weighted by molar-refractivity contribution is 6.24. The maximum atomic E-state index is 13.0. The summed E-state index contributed by atoms with van der Waals surface area (Å²) in [4.78, 5) is 63.2. The number of hydrogen-bond acceptors (Lipinski definition) is 6. The predicted molar refractivity (Wildman–Crippen MR) is 109 cm³/mol. The summed E-state index contributed by atoms with van der Waals surface area (Å²) in [6, 6.07) is 3.12. The van der Waals surface area contributed by atoms with Crippen molar-refractivity contribution in [2.45, 2.75) is 44.2 Å². The first kappa shape index (κ1) is 20.1. The third-order valence-electron chi connectivity index (χ3n) is 6.38. The minimum absolute atomic E-state index is 0.0508. The number of amides is 5. The zero-order chi connectivity index (χ0) is 22.6. The molecule has 0 bridgehead atoms. The molecule has 1 saturated heterocycles. The SMILES string of the molecule is Cn1ncc2c1CCCC2NC(=O)c1ccc2c(c1)C(=O)N(C1CCC(=O)NC1=O)C2=O. The van der Waals surface area contributed by atoms with Crippen LogP contribution >= 0.6 is 0 Å². The number of aromatic nitrogens is 2. The largest absolute Gasteiger partial charge is 0.345 e. The molecule has 1 aliphatic carbocycles. The third-order valence-corrected chi connectivity index (χ3v) is 6.38. The van der Waals surface area contributed by atoms with Gasteiger partial charge in [0.25, 0.3) is 17.7 Å². The Morgan fingerprint density at radius 3 is 2.66 bits per heavy atom. The van der Waals surface area contributed by atoms with E-state index in [0.29, 0.717) is 0 Å². The molecule has 0 saturated carbocycles. The van der Waals surface area contributed by atoms with Gasteiger partial charge < -0.3 is 5.32 Å². The molecule has 32 heavy (non-hydrogen) atoms. The number of piperidine rings is 1. The van der Waals surface area contributed by atoms with Gasteiger partial charge in [0, 0.05) is 30.3 Å². The maximum Gasteiger partial charge on any atom is 0.262 e. The Bertz CT molecular complexity index is 1200. The van der Waals surface area contributed by atoms with Crippen LogP contribution in [0.15, 0.2) is 24.4 Å². The average molecular weight is 435 g/mol. The lowest BCUT2D eigenvalue weighted by Crippen LogP contribution is -2.54. The molecule has 0 spiro atoms. The summed E-state index contributed by atoms with van der Waals surface area (Å²) >= 11 is 0. The summed E-state index contributed by atoms with van der Waals surface area (Å²) < 4.78 is 1.82. The Kier molecular flexibility index (Phi) is 4.65. The topological polar surface area (TPSA) is 130 Å². The quantitative estimate of drug-likeness (QED) is 0.680. The number of rotatable bonds is 3. The fourth-order valence-electron chi connectivity index (χ4n) is 4.71. The molecule has 1 aromatic heterocycles. The van der Waals surface area contributed by atoms with Gasteiger partial charge in [0.15, 0.2) is 0 Å². The third kappa shape index (κ3) is 3.10. The highest BCUT2D eigenvalue weighted by Gasteiger charge is 2.44. The molecule has 3 heterocycles. The highest BCUT2D eigenvalue weighted by Crippen LogP contribution is 2.31. The number of nitrogens with zero attached hydrogens (tertiary/aromatic N) is 3. The zero-order valence-electron chi connectivity index (χ0n) is 17.4. The molecule has 2 aliphatic heterocycles. The molecule has 164 valence electrons. The van der Waals surface area contributed by atoms with Gasteiger partial charge >= 0.3 is 0 Å². The van der Waals surface area contributed by atoms with E-state index < -0.39 is 29.7 Å². The lowest BCUT2D eigenvalue weighted by Gasteiger charge is -2.27. The Morgan fingerprint density at radius 1 is 1.09 bits per heavy atom. The molecule has 10 nitrogen and oxygen atoms in total. The Balaban J connectivity index is 1.38. The fourth-order valence-corrected chi connectivity index (χ4v) is 4.71. The Morgan fingerprint density at radius 2 is 1.88 bits per heavy atom. The van der Waals surface area contributed by atoms with E-state index in [1.54, 1.807) is 6.20 Å². The van der Waals surface area contributed by atoms with Crippen molar-refractivity contribution in [3.63, 3.8) is 0 Å². The summed E-state index contributed by atoms with van der Waals surface area (Å²) in [6.45, 7) is 0. The van der Waals surface area contributed by atoms with Crippen LogP contribution in [0.3, 0.4) is 0 Å². The van der Waals surface area contributed by atoms with Gasteiger partial charge in [-0.15, -0.1) is 0 Å². The van der Waals surface area contributed by atoms with Crippen molar-refractivity contribution in [2.24, 2.45) is 7.05 Å². The van der Waals surface area contributed by atoms with Crippen LogP contribution in [0, 0.1) is 0 Å². The minimum atomic E-state index is -1.04. The molecule has 2 atom stereocenters. The first-order chi connectivity index (χ1) is 15.3. The number of aryl methyl sites for hydroxylation is 1. The van der Waals surface area contributed by atoms with Crippen LogP contribution in [0.1, 0.15) is 74.1 Å². The van der Waals surface area contributed by atoms with E-state index in [1.165, 1.54) is 18.2 Å². The monoisotopic (exact) mass is 435 g/mol. The number of benzene rings is 1. The molecule has 2 aromatic rings. The van der Waals surface area contributed by atoms with Gasteiger partial charge in [-0.3, -0.25) is 38.9 Å². The smallest absolute Gasteiger partial charge is 0.262 e. The van der Waals surface area contributed by atoms with E-state index in [9.17, 15) is 24.0 Å². The van der Waals surface area contributed by atoms with E-state index in [2.05, 4.69) is 15.7 Å². The number of fused-ring (bicyclic) bond motifs is 2. The van der Waals surface area contributed by atoms with Gasteiger partial charge in [-0.25, -0.2) is 0 Å². The standard InChI is InChI=1S/C22H21N5O5/c1-26-16-4-2-3-15(14(16)10-23-26)24-19(29)11-5-6-12-13(9-11)22(32)27(21(12)31)17-7-8-18(28)25-20(17)30/h5-6,9-10,15,17H,2-4,7-8H2,1H3,(H,24,29)(H,25,28,30). The molecular weight excluding hydrogens is 414 g/mol. The second-order valence-electron chi connectivity index (χ2n) is 8.30. The number of carbonyl (C=O) groups excluding carboxylic acids is 5. The molecule has 0 radical (unpaired) electrons. The van der Waals surface area contributed by atoms with Crippen LogP contribution < -0.4 is 10.6 Å². The molecule has 10 heteroatoms. The van der Waals surface area contributed by atoms with E-state index in [4.69, 9.17) is 0 Å². The summed E-state index contributed by atoms with van der Waals surface area (Å²) in [5, 5.41) is 9.45. The predicted octanol–water partition coefficient (Wildman–Crippen LogP) is 0.629. The first-order valence-electron chi connectivity index (χ1n) is 10.5. The summed E-state index contributed by atoms with van der Waals surface area (Å²) in [6.07, 6.45) is 4.52. The van der Waals surface area contributed by atoms with Crippen LogP contribution in [-0.2, 0) is 23.1 Å². The van der Waals surface area contributed by atoms with E-state index >= 15 is 0 Å². The Labute approximate surface area is 182 Å². The van der Waals surface area contributed by atoms with E-state index in [0.717, 1.165) is 35.4 Å². The lowest BCUT2D eigenvalue weighted by atomic mass is 9.92. The molecule has 1 aromatic carbocycles. The molecule has 3 aliphatic rings. The first-order valence-corrected chi connectivity index (χ1v) is 10.5. The van der Waals surface area contributed by atoms with Crippen molar-refractivity contribution in [3.05, 3.63) is 52.3 Å². The maximum absolute atomic E-state index is 13.0.